The molecule has 0 saturated carbocycles. The summed E-state index contributed by atoms with van der Waals surface area (Å²) < 4.78 is 31.4. The first-order valence-corrected chi connectivity index (χ1v) is 14.6. The Kier molecular flexibility index (Phi) is 7.48. The van der Waals surface area contributed by atoms with E-state index in [1.807, 2.05) is 52.2 Å². The average Bonchev–Trinajstić information content (AvgIpc) is 3.43. The van der Waals surface area contributed by atoms with Crippen LogP contribution < -0.4 is 24.9 Å². The molecule has 1 N–H and O–H groups in total. The fourth-order valence-electron chi connectivity index (χ4n) is 5.71. The molecule has 4 heterocycles. The number of anilines is 1. The second-order valence-corrected chi connectivity index (χ2v) is 12.2. The number of hydrogen-bond donors (Lipinski definition) is 1. The monoisotopic (exact) mass is 600 g/mol. The Morgan fingerprint density at radius 3 is 2.66 bits per heavy atom. The fraction of sp³-hybridized carbons (Fsp3) is 0.333. The van der Waals surface area contributed by atoms with Crippen molar-refractivity contribution in [3.63, 3.8) is 0 Å². The Labute approximate surface area is 254 Å². The number of nitrogens with zero attached hydrogens (tertiary/aromatic N) is 4. The Bertz CT molecular complexity index is 1820. The van der Waals surface area contributed by atoms with Crippen LogP contribution in [-0.4, -0.2) is 59.8 Å². The largest absolute Gasteiger partial charge is 0.451 e. The second-order valence-electron chi connectivity index (χ2n) is 12.2. The van der Waals surface area contributed by atoms with Crippen LogP contribution in [0.5, 0.6) is 11.5 Å². The third-order valence-corrected chi connectivity index (χ3v) is 7.78. The zero-order valence-electron chi connectivity index (χ0n) is 25.2. The molecule has 44 heavy (non-hydrogen) atoms. The third kappa shape index (κ3) is 5.57. The van der Waals surface area contributed by atoms with Crippen molar-refractivity contribution in [2.75, 3.05) is 31.6 Å². The molecule has 2 aromatic carbocycles. The van der Waals surface area contributed by atoms with Gasteiger partial charge in [0, 0.05) is 38.5 Å². The molecule has 0 spiro atoms. The van der Waals surface area contributed by atoms with Gasteiger partial charge in [-0.1, -0.05) is 18.2 Å². The molecule has 0 aliphatic carbocycles. The van der Waals surface area contributed by atoms with Gasteiger partial charge in [0.25, 0.3) is 5.91 Å². The molecule has 1 atom stereocenters. The molecular weight excluding hydrogens is 565 g/mol. The third-order valence-electron chi connectivity index (χ3n) is 7.78. The predicted octanol–water partition coefficient (Wildman–Crippen LogP) is 4.40. The summed E-state index contributed by atoms with van der Waals surface area (Å²) in [6.07, 6.45) is 5.38. The minimum atomic E-state index is -0.646. The number of alkyl carbamates (subject to hydrolysis) is 1. The van der Waals surface area contributed by atoms with Gasteiger partial charge in [0.1, 0.15) is 22.4 Å². The van der Waals surface area contributed by atoms with E-state index in [1.165, 1.54) is 17.2 Å². The van der Waals surface area contributed by atoms with E-state index in [9.17, 15) is 14.4 Å². The number of amides is 2. The van der Waals surface area contributed by atoms with Crippen molar-refractivity contribution in [1.82, 2.24) is 14.8 Å². The highest BCUT2D eigenvalue weighted by Crippen LogP contribution is 2.47. The summed E-state index contributed by atoms with van der Waals surface area (Å²) in [5.74, 6) is -0.442. The lowest BCUT2D eigenvalue weighted by molar-refractivity contribution is -0.696. The molecule has 0 bridgehead atoms. The van der Waals surface area contributed by atoms with Crippen LogP contribution in [0.2, 0.25) is 0 Å². The summed E-state index contributed by atoms with van der Waals surface area (Å²) in [6.45, 7) is 7.06. The molecule has 2 aromatic heterocycles. The van der Waals surface area contributed by atoms with Crippen molar-refractivity contribution in [3.8, 4) is 17.2 Å². The zero-order chi connectivity index (χ0) is 31.2. The SMILES string of the molecule is CN(CC[n+]1ccccc1)C(=O)c1cn2c3c(c(N4CCC(NC(=O)OC(C)(C)C)C4)c(F)cc3c1=O)Oc1ccccc1-2. The molecule has 1 saturated heterocycles. The minimum Gasteiger partial charge on any atom is -0.451 e. The molecule has 1 fully saturated rings. The number of carbonyl (C=O) groups is 2. The minimum absolute atomic E-state index is 0.0510. The number of fused-ring (bicyclic) bond motifs is 2. The number of rotatable bonds is 6. The van der Waals surface area contributed by atoms with Gasteiger partial charge in [-0.15, -0.1) is 0 Å². The standard InChI is InChI=1S/C33H34FN5O5/c1-33(2,3)44-32(42)35-21-12-15-38(19-21)28-24(34)18-22-27-30(28)43-26-11-7-6-10-25(26)39(27)20-23(29(22)40)31(41)36(4)16-17-37-13-8-5-9-14-37/h5-11,13-14,18,20-21H,12,15-17,19H2,1-4H3/p+1. The number of carbonyl (C=O) groups excluding carboxylic acids is 2. The van der Waals surface area contributed by atoms with E-state index >= 15 is 4.39 Å². The maximum atomic E-state index is 16.1. The Balaban J connectivity index is 1.37. The van der Waals surface area contributed by atoms with Crippen molar-refractivity contribution in [3.05, 3.63) is 88.7 Å². The van der Waals surface area contributed by atoms with Gasteiger partial charge in [-0.2, -0.15) is 0 Å². The van der Waals surface area contributed by atoms with E-state index in [0.717, 1.165) is 0 Å². The highest BCUT2D eigenvalue weighted by Gasteiger charge is 2.34. The number of para-hydroxylation sites is 2. The van der Waals surface area contributed by atoms with Crippen LogP contribution in [0.4, 0.5) is 14.9 Å². The van der Waals surface area contributed by atoms with Crippen LogP contribution >= 0.6 is 0 Å². The zero-order valence-corrected chi connectivity index (χ0v) is 25.2. The van der Waals surface area contributed by atoms with Crippen molar-refractivity contribution >= 4 is 28.6 Å². The number of ether oxygens (including phenoxy) is 2. The first-order chi connectivity index (χ1) is 21.0. The van der Waals surface area contributed by atoms with Crippen LogP contribution in [-0.2, 0) is 11.3 Å². The molecule has 1 unspecified atom stereocenters. The lowest BCUT2D eigenvalue weighted by Gasteiger charge is -2.29. The van der Waals surface area contributed by atoms with E-state index in [0.29, 0.717) is 49.6 Å². The molecule has 2 amide bonds. The van der Waals surface area contributed by atoms with E-state index in [4.69, 9.17) is 9.47 Å². The number of aromatic nitrogens is 2. The van der Waals surface area contributed by atoms with Gasteiger partial charge in [0.2, 0.25) is 5.43 Å². The van der Waals surface area contributed by atoms with Crippen LogP contribution in [0.1, 0.15) is 37.6 Å². The molecule has 2 aliphatic heterocycles. The molecule has 11 heteroatoms. The highest BCUT2D eigenvalue weighted by atomic mass is 19.1. The van der Waals surface area contributed by atoms with E-state index < -0.39 is 28.8 Å². The quantitative estimate of drug-likeness (QED) is 0.291. The van der Waals surface area contributed by atoms with Crippen LogP contribution in [0.25, 0.3) is 16.6 Å². The molecule has 2 aliphatic rings. The van der Waals surface area contributed by atoms with Crippen LogP contribution in [0, 0.1) is 5.82 Å². The lowest BCUT2D eigenvalue weighted by atomic mass is 10.1. The number of likely N-dealkylation sites (N-methyl/N-ethyl adjacent to an activating group) is 1. The summed E-state index contributed by atoms with van der Waals surface area (Å²) in [4.78, 5) is 43.1. The number of nitrogens with one attached hydrogen (secondary N) is 1. The summed E-state index contributed by atoms with van der Waals surface area (Å²) in [5, 5.41) is 2.92. The highest BCUT2D eigenvalue weighted by molar-refractivity contribution is 6.01. The van der Waals surface area contributed by atoms with E-state index in [2.05, 4.69) is 5.32 Å². The first kappa shape index (κ1) is 29.2. The summed E-state index contributed by atoms with van der Waals surface area (Å²) in [5.41, 5.74) is -0.0586. The molecule has 6 rings (SSSR count). The second kappa shape index (κ2) is 11.3. The fourth-order valence-corrected chi connectivity index (χ4v) is 5.71. The maximum Gasteiger partial charge on any atom is 0.407 e. The molecular formula is C33H35FN5O5+. The summed E-state index contributed by atoms with van der Waals surface area (Å²) in [7, 11) is 1.65. The predicted molar refractivity (Wildman–Crippen MR) is 163 cm³/mol. The first-order valence-electron chi connectivity index (χ1n) is 14.6. The maximum absolute atomic E-state index is 16.1. The smallest absolute Gasteiger partial charge is 0.407 e. The average molecular weight is 601 g/mol. The lowest BCUT2D eigenvalue weighted by Crippen LogP contribution is -2.41. The van der Waals surface area contributed by atoms with Gasteiger partial charge >= 0.3 is 6.09 Å². The number of halogens is 1. The van der Waals surface area contributed by atoms with Gasteiger partial charge in [0.15, 0.2) is 36.3 Å². The normalized spacial score (nSPS) is 15.5. The number of pyridine rings is 2. The molecule has 4 aromatic rings. The van der Waals surface area contributed by atoms with E-state index in [1.54, 1.807) is 44.5 Å². The van der Waals surface area contributed by atoms with Gasteiger partial charge in [-0.3, -0.25) is 9.59 Å². The summed E-state index contributed by atoms with van der Waals surface area (Å²) >= 11 is 0. The van der Waals surface area contributed by atoms with E-state index in [-0.39, 0.29) is 28.4 Å². The van der Waals surface area contributed by atoms with Gasteiger partial charge in [-0.25, -0.2) is 13.8 Å². The van der Waals surface area contributed by atoms with Crippen molar-refractivity contribution in [1.29, 1.82) is 0 Å². The Morgan fingerprint density at radius 1 is 1.16 bits per heavy atom. The molecule has 0 radical (unpaired) electrons. The van der Waals surface area contributed by atoms with Crippen molar-refractivity contribution in [2.24, 2.45) is 0 Å². The van der Waals surface area contributed by atoms with Gasteiger partial charge in [-0.05, 0) is 45.4 Å². The molecule has 228 valence electrons. The Morgan fingerprint density at radius 2 is 1.91 bits per heavy atom. The van der Waals surface area contributed by atoms with Crippen molar-refractivity contribution in [2.45, 2.75) is 45.4 Å². The van der Waals surface area contributed by atoms with Crippen LogP contribution in [0.15, 0.2) is 71.9 Å². The summed E-state index contributed by atoms with van der Waals surface area (Å²) in [6, 6.07) is 13.9. The van der Waals surface area contributed by atoms with Crippen LogP contribution in [0.3, 0.4) is 0 Å². The number of hydrogen-bond acceptors (Lipinski definition) is 6. The number of benzene rings is 2. The van der Waals surface area contributed by atoms with Gasteiger partial charge < -0.3 is 29.2 Å². The van der Waals surface area contributed by atoms with Crippen molar-refractivity contribution < 1.29 is 28.0 Å². The topological polar surface area (TPSA) is 97.0 Å². The molecule has 10 nitrogen and oxygen atoms in total. The Hall–Kier alpha value is -4.93. The van der Waals surface area contributed by atoms with Gasteiger partial charge in [0.05, 0.1) is 23.7 Å².